The topological polar surface area (TPSA) is 97.3 Å². The summed E-state index contributed by atoms with van der Waals surface area (Å²) in [5, 5.41) is 5.44. The summed E-state index contributed by atoms with van der Waals surface area (Å²) < 4.78 is 54.3. The van der Waals surface area contributed by atoms with E-state index in [1.165, 1.54) is 30.5 Å². The number of nitrogens with zero attached hydrogens (tertiary/aromatic N) is 3. The first-order chi connectivity index (χ1) is 16.2. The summed E-state index contributed by atoms with van der Waals surface area (Å²) in [7, 11) is 0. The van der Waals surface area contributed by atoms with Crippen molar-refractivity contribution in [2.75, 3.05) is 10.6 Å². The van der Waals surface area contributed by atoms with Gasteiger partial charge in [0.25, 0.3) is 0 Å². The normalized spacial score (nSPS) is 13.8. The summed E-state index contributed by atoms with van der Waals surface area (Å²) >= 11 is 0. The molecule has 4 N–H and O–H groups in total. The van der Waals surface area contributed by atoms with Crippen molar-refractivity contribution in [3.8, 4) is 11.4 Å². The molecule has 0 spiro atoms. The van der Waals surface area contributed by atoms with Gasteiger partial charge < -0.3 is 16.4 Å². The van der Waals surface area contributed by atoms with Crippen LogP contribution >= 0.6 is 0 Å². The van der Waals surface area contributed by atoms with Crippen LogP contribution in [0.3, 0.4) is 0 Å². The molecule has 1 fully saturated rings. The fourth-order valence-electron chi connectivity index (χ4n) is 3.75. The highest BCUT2D eigenvalue weighted by atomic mass is 19.4. The molecule has 7 nitrogen and oxygen atoms in total. The first-order valence-corrected chi connectivity index (χ1v) is 10.4. The lowest BCUT2D eigenvalue weighted by molar-refractivity contribution is -0.137. The second-order valence-electron chi connectivity index (χ2n) is 8.01. The number of primary amides is 1. The summed E-state index contributed by atoms with van der Waals surface area (Å²) in [5.41, 5.74) is 7.43. The third-order valence-electron chi connectivity index (χ3n) is 5.39. The molecule has 34 heavy (non-hydrogen) atoms. The first-order valence-electron chi connectivity index (χ1n) is 10.4. The van der Waals surface area contributed by atoms with Gasteiger partial charge in [0.2, 0.25) is 0 Å². The van der Waals surface area contributed by atoms with Gasteiger partial charge in [-0.2, -0.15) is 13.2 Å². The van der Waals surface area contributed by atoms with E-state index in [2.05, 4.69) is 20.6 Å². The number of urea groups is 1. The molecule has 1 saturated carbocycles. The number of aromatic nitrogens is 3. The fraction of sp³-hybridized carbons (Fsp3) is 0.174. The molecule has 1 aliphatic rings. The van der Waals surface area contributed by atoms with E-state index in [0.717, 1.165) is 30.7 Å². The molecule has 0 atom stereocenters. The van der Waals surface area contributed by atoms with Crippen molar-refractivity contribution < 1.29 is 22.4 Å². The molecule has 0 bridgehead atoms. The van der Waals surface area contributed by atoms with Gasteiger partial charge in [0.05, 0.1) is 22.6 Å². The molecule has 11 heteroatoms. The second-order valence-corrected chi connectivity index (χ2v) is 8.01. The SMILES string of the molecule is NC(=O)Nc1cc(Nc2ccc(C(F)(F)F)cc2)nc(-c2c(C3CC3)nc3ccc(F)cn23)c1. The standard InChI is InChI=1S/C23H18F4N6O/c24-14-5-8-19-32-20(12-1-2-12)21(33(19)11-14)17-9-16(30-22(28)34)10-18(31-17)29-15-6-3-13(4-7-15)23(25,26)27/h3-12H,1-2H2,(H4,28,29,30,31,34). The quantitative estimate of drug-likeness (QED) is 0.328. The third-order valence-corrected chi connectivity index (χ3v) is 5.39. The van der Waals surface area contributed by atoms with Gasteiger partial charge in [0.1, 0.15) is 17.3 Å². The smallest absolute Gasteiger partial charge is 0.351 e. The Labute approximate surface area is 190 Å². The average Bonchev–Trinajstić information content (AvgIpc) is 3.53. The number of amides is 2. The Morgan fingerprint density at radius 3 is 2.41 bits per heavy atom. The van der Waals surface area contributed by atoms with Crippen LogP contribution in [0.2, 0.25) is 0 Å². The predicted molar refractivity (Wildman–Crippen MR) is 118 cm³/mol. The number of halogens is 4. The van der Waals surface area contributed by atoms with Crippen molar-refractivity contribution >= 4 is 28.9 Å². The van der Waals surface area contributed by atoms with Crippen molar-refractivity contribution in [1.82, 2.24) is 14.4 Å². The zero-order valence-corrected chi connectivity index (χ0v) is 17.5. The highest BCUT2D eigenvalue weighted by Crippen LogP contribution is 2.44. The number of imidazole rings is 1. The van der Waals surface area contributed by atoms with Crippen LogP contribution in [0.25, 0.3) is 17.0 Å². The van der Waals surface area contributed by atoms with Crippen molar-refractivity contribution in [1.29, 1.82) is 0 Å². The molecule has 2 amide bonds. The van der Waals surface area contributed by atoms with E-state index in [1.807, 2.05) is 0 Å². The molecule has 5 rings (SSSR count). The summed E-state index contributed by atoms with van der Waals surface area (Å²) in [6.45, 7) is 0. The molecule has 4 aromatic rings. The van der Waals surface area contributed by atoms with Crippen molar-refractivity contribution in [2.45, 2.75) is 24.9 Å². The van der Waals surface area contributed by atoms with Crippen LogP contribution in [0.5, 0.6) is 0 Å². The average molecular weight is 470 g/mol. The van der Waals surface area contributed by atoms with Gasteiger partial charge in [-0.3, -0.25) is 4.40 Å². The molecule has 3 aromatic heterocycles. The van der Waals surface area contributed by atoms with Gasteiger partial charge in [-0.05, 0) is 55.3 Å². The zero-order valence-electron chi connectivity index (χ0n) is 17.5. The molecule has 0 unspecified atom stereocenters. The maximum Gasteiger partial charge on any atom is 0.416 e. The molecular weight excluding hydrogens is 452 g/mol. The molecule has 1 aromatic carbocycles. The third kappa shape index (κ3) is 4.36. The van der Waals surface area contributed by atoms with E-state index in [0.29, 0.717) is 28.4 Å². The number of alkyl halides is 3. The molecule has 1 aliphatic carbocycles. The van der Waals surface area contributed by atoms with Crippen LogP contribution in [-0.2, 0) is 6.18 Å². The number of nitrogens with two attached hydrogens (primary N) is 1. The number of hydrogen-bond donors (Lipinski definition) is 3. The molecular formula is C23H18F4N6O. The number of carbonyl (C=O) groups excluding carboxylic acids is 1. The van der Waals surface area contributed by atoms with Crippen LogP contribution < -0.4 is 16.4 Å². The number of hydrogen-bond acceptors (Lipinski definition) is 4. The summed E-state index contributed by atoms with van der Waals surface area (Å²) in [6, 6.07) is 9.62. The Bertz CT molecular complexity index is 1390. The van der Waals surface area contributed by atoms with Crippen LogP contribution in [0.1, 0.15) is 30.0 Å². The van der Waals surface area contributed by atoms with E-state index in [1.54, 1.807) is 16.5 Å². The van der Waals surface area contributed by atoms with Gasteiger partial charge in [-0.15, -0.1) is 0 Å². The lowest BCUT2D eigenvalue weighted by atomic mass is 10.1. The Kier molecular flexibility index (Phi) is 5.11. The lowest BCUT2D eigenvalue weighted by Gasteiger charge is -2.13. The summed E-state index contributed by atoms with van der Waals surface area (Å²) in [4.78, 5) is 20.7. The number of rotatable bonds is 5. The Hall–Kier alpha value is -4.15. The summed E-state index contributed by atoms with van der Waals surface area (Å²) in [6.07, 6.45) is -1.26. The van der Waals surface area contributed by atoms with Gasteiger partial charge >= 0.3 is 12.2 Å². The number of fused-ring (bicyclic) bond motifs is 1. The number of anilines is 3. The molecule has 0 aliphatic heterocycles. The van der Waals surface area contributed by atoms with E-state index < -0.39 is 23.6 Å². The van der Waals surface area contributed by atoms with Gasteiger partial charge in [0.15, 0.2) is 0 Å². The largest absolute Gasteiger partial charge is 0.416 e. The highest BCUT2D eigenvalue weighted by molar-refractivity contribution is 5.89. The zero-order chi connectivity index (χ0) is 24.0. The van der Waals surface area contributed by atoms with Crippen LogP contribution in [0.4, 0.5) is 39.5 Å². The fourth-order valence-corrected chi connectivity index (χ4v) is 3.75. The second kappa shape index (κ2) is 8.01. The predicted octanol–water partition coefficient (Wildman–Crippen LogP) is 5.67. The highest BCUT2D eigenvalue weighted by Gasteiger charge is 2.32. The van der Waals surface area contributed by atoms with Crippen LogP contribution in [0.15, 0.2) is 54.7 Å². The minimum absolute atomic E-state index is 0.207. The van der Waals surface area contributed by atoms with Crippen molar-refractivity contribution in [3.63, 3.8) is 0 Å². The summed E-state index contributed by atoms with van der Waals surface area (Å²) in [5.74, 6) is -0.00374. The van der Waals surface area contributed by atoms with E-state index in [-0.39, 0.29) is 11.7 Å². The number of carbonyl (C=O) groups is 1. The van der Waals surface area contributed by atoms with E-state index in [9.17, 15) is 22.4 Å². The number of benzene rings is 1. The first kappa shape index (κ1) is 21.7. The van der Waals surface area contributed by atoms with Gasteiger partial charge in [-0.25, -0.2) is 19.2 Å². The minimum atomic E-state index is -4.45. The van der Waals surface area contributed by atoms with Crippen molar-refractivity contribution in [3.05, 3.63) is 71.8 Å². The minimum Gasteiger partial charge on any atom is -0.351 e. The Morgan fingerprint density at radius 1 is 1.03 bits per heavy atom. The van der Waals surface area contributed by atoms with Gasteiger partial charge in [0, 0.05) is 29.6 Å². The van der Waals surface area contributed by atoms with E-state index >= 15 is 0 Å². The maximum absolute atomic E-state index is 14.1. The number of nitrogens with one attached hydrogen (secondary N) is 2. The Morgan fingerprint density at radius 2 is 1.76 bits per heavy atom. The van der Waals surface area contributed by atoms with Crippen molar-refractivity contribution in [2.24, 2.45) is 5.73 Å². The van der Waals surface area contributed by atoms with Gasteiger partial charge in [-0.1, -0.05) is 0 Å². The van der Waals surface area contributed by atoms with Crippen LogP contribution in [-0.4, -0.2) is 20.4 Å². The Balaban J connectivity index is 1.60. The van der Waals surface area contributed by atoms with E-state index in [4.69, 9.17) is 5.73 Å². The number of pyridine rings is 2. The molecule has 0 radical (unpaired) electrons. The monoisotopic (exact) mass is 470 g/mol. The lowest BCUT2D eigenvalue weighted by Crippen LogP contribution is -2.19. The maximum atomic E-state index is 14.1. The molecule has 3 heterocycles. The molecule has 174 valence electrons. The van der Waals surface area contributed by atoms with Crippen LogP contribution in [0, 0.1) is 5.82 Å². The molecule has 0 saturated heterocycles.